The molecule has 2 rings (SSSR count). The molecular weight excluding hydrogens is 226 g/mol. The van der Waals surface area contributed by atoms with Crippen molar-refractivity contribution in [2.24, 2.45) is 0 Å². The van der Waals surface area contributed by atoms with Gasteiger partial charge in [-0.15, -0.1) is 0 Å². The van der Waals surface area contributed by atoms with Gasteiger partial charge in [-0.2, -0.15) is 0 Å². The molecular formula is C15H19NO2. The number of carbonyl (C=O) groups excluding carboxylic acids is 1. The van der Waals surface area contributed by atoms with Crippen LogP contribution in [0.15, 0.2) is 17.7 Å². The summed E-state index contributed by atoms with van der Waals surface area (Å²) in [7, 11) is 1.85. The van der Waals surface area contributed by atoms with Crippen molar-refractivity contribution in [3.63, 3.8) is 0 Å². The molecule has 0 saturated carbocycles. The topological polar surface area (TPSA) is 29.5 Å². The molecule has 1 aromatic rings. The van der Waals surface area contributed by atoms with Gasteiger partial charge in [0, 0.05) is 18.2 Å². The fourth-order valence-electron chi connectivity index (χ4n) is 2.73. The Kier molecular flexibility index (Phi) is 3.26. The van der Waals surface area contributed by atoms with Crippen LogP contribution in [0, 0.1) is 20.8 Å². The summed E-state index contributed by atoms with van der Waals surface area (Å²) in [6.45, 7) is 8.12. The Morgan fingerprint density at radius 1 is 1.22 bits per heavy atom. The molecule has 0 saturated heterocycles. The van der Waals surface area contributed by atoms with E-state index in [-0.39, 0.29) is 6.10 Å². The summed E-state index contributed by atoms with van der Waals surface area (Å²) in [4.78, 5) is 16.9. The molecule has 3 heteroatoms. The van der Waals surface area contributed by atoms with Crippen molar-refractivity contribution in [3.05, 3.63) is 40.0 Å². The molecule has 0 N–H and O–H groups in total. The maximum absolute atomic E-state index is 11.3. The second kappa shape index (κ2) is 4.58. The Morgan fingerprint density at radius 3 is 2.28 bits per heavy atom. The maximum atomic E-state index is 11.3. The summed E-state index contributed by atoms with van der Waals surface area (Å²) in [6, 6.07) is 4.27. The van der Waals surface area contributed by atoms with E-state index in [1.165, 1.54) is 16.7 Å². The first-order valence-electron chi connectivity index (χ1n) is 6.13. The highest BCUT2D eigenvalue weighted by Gasteiger charge is 2.29. The third kappa shape index (κ3) is 1.95. The van der Waals surface area contributed by atoms with Gasteiger partial charge in [0.15, 0.2) is 6.29 Å². The minimum absolute atomic E-state index is 0.178. The fourth-order valence-corrected chi connectivity index (χ4v) is 2.73. The van der Waals surface area contributed by atoms with Crippen LogP contribution in [0.3, 0.4) is 0 Å². The number of carbonyl (C=O) groups is 1. The lowest BCUT2D eigenvalue weighted by Crippen LogP contribution is -2.15. The number of hydrogen-bond acceptors (Lipinski definition) is 3. The summed E-state index contributed by atoms with van der Waals surface area (Å²) < 4.78 is 0. The third-order valence-electron chi connectivity index (χ3n) is 3.38. The monoisotopic (exact) mass is 245 g/mol. The molecule has 0 aliphatic carbocycles. The summed E-state index contributed by atoms with van der Waals surface area (Å²) in [5.41, 5.74) is 6.30. The largest absolute Gasteiger partial charge is 0.298 e. The van der Waals surface area contributed by atoms with Gasteiger partial charge in [-0.05, 0) is 38.8 Å². The molecule has 96 valence electrons. The van der Waals surface area contributed by atoms with Crippen LogP contribution in [0.25, 0.3) is 5.70 Å². The van der Waals surface area contributed by atoms with Gasteiger partial charge in [-0.1, -0.05) is 17.7 Å². The fraction of sp³-hybridized carbons (Fsp3) is 0.400. The lowest BCUT2D eigenvalue weighted by molar-refractivity contribution is -0.111. The minimum Gasteiger partial charge on any atom is -0.298 e. The van der Waals surface area contributed by atoms with Crippen LogP contribution >= 0.6 is 0 Å². The number of benzene rings is 1. The van der Waals surface area contributed by atoms with Crippen LogP contribution in [-0.4, -0.2) is 24.5 Å². The molecule has 0 aromatic heterocycles. The molecule has 1 aromatic carbocycles. The SMILES string of the molecule is Cc1cc(C)c(C2=C(C=O)C(C)ON2C)c(C)c1. The van der Waals surface area contributed by atoms with Crippen LogP contribution in [-0.2, 0) is 9.63 Å². The van der Waals surface area contributed by atoms with Crippen LogP contribution in [0.2, 0.25) is 0 Å². The first kappa shape index (κ1) is 12.8. The lowest BCUT2D eigenvalue weighted by Gasteiger charge is -2.19. The highest BCUT2D eigenvalue weighted by Crippen LogP contribution is 2.35. The minimum atomic E-state index is -0.178. The molecule has 1 atom stereocenters. The van der Waals surface area contributed by atoms with E-state index in [4.69, 9.17) is 4.84 Å². The zero-order valence-electron chi connectivity index (χ0n) is 11.6. The van der Waals surface area contributed by atoms with Gasteiger partial charge in [0.1, 0.15) is 6.10 Å². The molecule has 0 fully saturated rings. The molecule has 1 aliphatic rings. The summed E-state index contributed by atoms with van der Waals surface area (Å²) in [5.74, 6) is 0. The first-order chi connectivity index (χ1) is 8.45. The Morgan fingerprint density at radius 2 is 1.78 bits per heavy atom. The lowest BCUT2D eigenvalue weighted by atomic mass is 9.94. The Labute approximate surface area is 108 Å². The van der Waals surface area contributed by atoms with Crippen LogP contribution in [0.1, 0.15) is 29.2 Å². The van der Waals surface area contributed by atoms with E-state index in [1.807, 2.05) is 14.0 Å². The average molecular weight is 245 g/mol. The van der Waals surface area contributed by atoms with E-state index in [9.17, 15) is 4.79 Å². The zero-order chi connectivity index (χ0) is 13.4. The highest BCUT2D eigenvalue weighted by atomic mass is 16.7. The predicted octanol–water partition coefficient (Wildman–Crippen LogP) is 2.79. The molecule has 0 amide bonds. The molecule has 0 bridgehead atoms. The smallest absolute Gasteiger partial charge is 0.150 e. The number of hydrogen-bond donors (Lipinski definition) is 0. The molecule has 1 aliphatic heterocycles. The number of nitrogens with zero attached hydrogens (tertiary/aromatic N) is 1. The van der Waals surface area contributed by atoms with Gasteiger partial charge in [-0.25, -0.2) is 0 Å². The average Bonchev–Trinajstić information content (AvgIpc) is 2.52. The molecule has 1 heterocycles. The maximum Gasteiger partial charge on any atom is 0.150 e. The second-order valence-corrected chi connectivity index (χ2v) is 4.94. The summed E-state index contributed by atoms with van der Waals surface area (Å²) >= 11 is 0. The number of hydroxylamine groups is 2. The molecule has 0 radical (unpaired) electrons. The van der Waals surface area contributed by atoms with Gasteiger partial charge in [-0.3, -0.25) is 14.7 Å². The van der Waals surface area contributed by atoms with Gasteiger partial charge in [0.2, 0.25) is 0 Å². The summed E-state index contributed by atoms with van der Waals surface area (Å²) in [6.07, 6.45) is 0.727. The number of rotatable bonds is 2. The van der Waals surface area contributed by atoms with Crippen LogP contribution in [0.5, 0.6) is 0 Å². The first-order valence-corrected chi connectivity index (χ1v) is 6.13. The van der Waals surface area contributed by atoms with Crippen molar-refractivity contribution in [2.75, 3.05) is 7.05 Å². The van der Waals surface area contributed by atoms with Crippen molar-refractivity contribution >= 4 is 12.0 Å². The van der Waals surface area contributed by atoms with E-state index in [0.717, 1.165) is 17.5 Å². The zero-order valence-corrected chi connectivity index (χ0v) is 11.6. The number of aryl methyl sites for hydroxylation is 3. The second-order valence-electron chi connectivity index (χ2n) is 4.94. The van der Waals surface area contributed by atoms with E-state index < -0.39 is 0 Å². The molecule has 0 spiro atoms. The Hall–Kier alpha value is -1.61. The normalized spacial score (nSPS) is 19.6. The highest BCUT2D eigenvalue weighted by molar-refractivity contribution is 5.90. The van der Waals surface area contributed by atoms with Crippen molar-refractivity contribution in [1.29, 1.82) is 0 Å². The Bertz CT molecular complexity index is 508. The standard InChI is InChI=1S/C15H19NO2/c1-9-6-10(2)14(11(3)7-9)15-13(8-17)12(4)18-16(15)5/h6-8,12H,1-5H3. The van der Waals surface area contributed by atoms with Crippen LogP contribution in [0.4, 0.5) is 0 Å². The van der Waals surface area contributed by atoms with Crippen molar-refractivity contribution in [2.45, 2.75) is 33.8 Å². The van der Waals surface area contributed by atoms with Crippen molar-refractivity contribution in [1.82, 2.24) is 5.06 Å². The van der Waals surface area contributed by atoms with Crippen molar-refractivity contribution in [3.8, 4) is 0 Å². The van der Waals surface area contributed by atoms with E-state index in [2.05, 4.69) is 32.9 Å². The Balaban J connectivity index is 2.68. The predicted molar refractivity (Wildman–Crippen MR) is 71.9 cm³/mol. The van der Waals surface area contributed by atoms with Gasteiger partial charge in [0.25, 0.3) is 0 Å². The molecule has 18 heavy (non-hydrogen) atoms. The van der Waals surface area contributed by atoms with E-state index >= 15 is 0 Å². The third-order valence-corrected chi connectivity index (χ3v) is 3.38. The molecule has 1 unspecified atom stereocenters. The van der Waals surface area contributed by atoms with Crippen molar-refractivity contribution < 1.29 is 9.63 Å². The quantitative estimate of drug-likeness (QED) is 0.750. The van der Waals surface area contributed by atoms with Gasteiger partial charge >= 0.3 is 0 Å². The summed E-state index contributed by atoms with van der Waals surface area (Å²) in [5, 5.41) is 1.71. The molecule has 3 nitrogen and oxygen atoms in total. The van der Waals surface area contributed by atoms with Gasteiger partial charge < -0.3 is 0 Å². The van der Waals surface area contributed by atoms with E-state index in [0.29, 0.717) is 5.57 Å². The number of aldehydes is 1. The van der Waals surface area contributed by atoms with Gasteiger partial charge in [0.05, 0.1) is 5.70 Å². The van der Waals surface area contributed by atoms with E-state index in [1.54, 1.807) is 5.06 Å². The van der Waals surface area contributed by atoms with Crippen LogP contribution < -0.4 is 0 Å².